The molecule has 0 saturated heterocycles. The van der Waals surface area contributed by atoms with Gasteiger partial charge in [-0.15, -0.1) is 0 Å². The number of carbonyl (C=O) groups is 1. The first-order valence-corrected chi connectivity index (χ1v) is 16.3. The highest BCUT2D eigenvalue weighted by Gasteiger charge is 2.31. The summed E-state index contributed by atoms with van der Waals surface area (Å²) >= 11 is 0. The van der Waals surface area contributed by atoms with E-state index in [0.29, 0.717) is 5.75 Å². The predicted octanol–water partition coefficient (Wildman–Crippen LogP) is 6.43. The van der Waals surface area contributed by atoms with Crippen LogP contribution in [-0.4, -0.2) is 19.3 Å². The third-order valence-corrected chi connectivity index (χ3v) is 8.60. The zero-order valence-corrected chi connectivity index (χ0v) is 27.3. The van der Waals surface area contributed by atoms with Crippen molar-refractivity contribution in [1.29, 1.82) is 0 Å². The zero-order valence-electron chi connectivity index (χ0n) is 27.3. The lowest BCUT2D eigenvalue weighted by Crippen LogP contribution is -2.74. The molecule has 0 fully saturated rings. The molecule has 240 valence electrons. The first kappa shape index (κ1) is 32.5. The van der Waals surface area contributed by atoms with Crippen LogP contribution in [0.3, 0.4) is 0 Å². The monoisotopic (exact) mass is 640 g/mol. The fraction of sp³-hybridized carbons (Fsp3) is 0.0233. The molecule has 1 aromatic heterocycles. The average Bonchev–Trinajstić information content (AvgIpc) is 3.18. The maximum absolute atomic E-state index is 12.7. The Labute approximate surface area is 288 Å². The normalized spacial score (nSPS) is 10.6. The molecule has 0 radical (unpaired) electrons. The Hall–Kier alpha value is -6.40. The lowest BCUT2D eigenvalue weighted by atomic mass is 9.13. The van der Waals surface area contributed by atoms with Crippen LogP contribution in [0.25, 0.3) is 0 Å². The van der Waals surface area contributed by atoms with Crippen molar-refractivity contribution in [3.05, 3.63) is 207 Å². The highest BCUT2D eigenvalue weighted by Crippen LogP contribution is 2.25. The van der Waals surface area contributed by atoms with Crippen molar-refractivity contribution >= 4 is 45.5 Å². The molecule has 0 N–H and O–H groups in total. The Morgan fingerprint density at radius 1 is 0.469 bits per heavy atom. The van der Waals surface area contributed by atoms with E-state index in [1.165, 1.54) is 31.5 Å². The Morgan fingerprint density at radius 2 is 0.776 bits per heavy atom. The Balaban J connectivity index is 0.000000170. The number of hydrogen-bond donors (Lipinski definition) is 0. The molecule has 7 rings (SSSR count). The molecule has 5 nitrogen and oxygen atoms in total. The molecular formula is C43H37BN2O3. The van der Waals surface area contributed by atoms with Gasteiger partial charge in [-0.1, -0.05) is 158 Å². The van der Waals surface area contributed by atoms with Gasteiger partial charge in [0, 0.05) is 16.9 Å². The lowest BCUT2D eigenvalue weighted by molar-refractivity contribution is -0.868. The minimum atomic E-state index is -1.22. The number of anilines is 2. The SMILES string of the molecule is COc1cc[n+](OC(=O)N(c2ccccc2)c2ccccc2)cc1.c1ccc([B-](c2ccccc2)(c2ccccc2)c2ccccc2)cc1. The van der Waals surface area contributed by atoms with Crippen molar-refractivity contribution in [2.75, 3.05) is 12.0 Å². The maximum atomic E-state index is 12.7. The van der Waals surface area contributed by atoms with Gasteiger partial charge < -0.3 is 4.74 Å². The standard InChI is InChI=1S/C24H20B.C19H17N2O3/c1-5-13-21(14-6-1)25(22-15-7-2-8-16-22,23-17-9-3-10-18-23)24-19-11-4-12-20-24;1-23-18-12-14-20(15-13-18)24-19(22)21(16-8-4-2-5-9-16)17-10-6-3-7-11-17/h1-20H;2-15H,1H3/q-1;+1. The molecule has 6 aromatic carbocycles. The summed E-state index contributed by atoms with van der Waals surface area (Å²) in [6, 6.07) is 65.7. The topological polar surface area (TPSA) is 42.6 Å². The summed E-state index contributed by atoms with van der Waals surface area (Å²) in [6.07, 6.45) is 1.50. The highest BCUT2D eigenvalue weighted by atomic mass is 16.7. The van der Waals surface area contributed by atoms with Crippen LogP contribution in [-0.2, 0) is 0 Å². The molecule has 6 heteroatoms. The first-order chi connectivity index (χ1) is 24.2. The molecule has 1 heterocycles. The third-order valence-electron chi connectivity index (χ3n) is 8.60. The second kappa shape index (κ2) is 15.9. The summed E-state index contributed by atoms with van der Waals surface area (Å²) in [5.74, 6) is 0.685. The Morgan fingerprint density at radius 3 is 1.08 bits per heavy atom. The van der Waals surface area contributed by atoms with Gasteiger partial charge in [-0.3, -0.25) is 0 Å². The van der Waals surface area contributed by atoms with Gasteiger partial charge in [-0.05, 0) is 24.3 Å². The molecule has 0 unspecified atom stereocenters. The molecule has 0 aliphatic heterocycles. The Bertz CT molecular complexity index is 1810. The van der Waals surface area contributed by atoms with Gasteiger partial charge in [-0.25, -0.2) is 9.69 Å². The summed E-state index contributed by atoms with van der Waals surface area (Å²) in [6.45, 7) is 0. The van der Waals surface area contributed by atoms with Gasteiger partial charge in [0.1, 0.15) is 11.9 Å². The quantitative estimate of drug-likeness (QED) is 0.142. The van der Waals surface area contributed by atoms with Crippen LogP contribution in [0.1, 0.15) is 0 Å². The first-order valence-electron chi connectivity index (χ1n) is 16.3. The van der Waals surface area contributed by atoms with Crippen molar-refractivity contribution in [2.24, 2.45) is 0 Å². The molecule has 0 spiro atoms. The average molecular weight is 641 g/mol. The number of carbonyl (C=O) groups excluding carboxylic acids is 1. The second-order valence-corrected chi connectivity index (χ2v) is 11.5. The van der Waals surface area contributed by atoms with E-state index in [2.05, 4.69) is 121 Å². The van der Waals surface area contributed by atoms with E-state index in [1.54, 1.807) is 31.6 Å². The molecule has 0 aliphatic rings. The number of benzene rings is 6. The number of methoxy groups -OCH3 is 1. The van der Waals surface area contributed by atoms with E-state index < -0.39 is 12.2 Å². The molecule has 0 bridgehead atoms. The van der Waals surface area contributed by atoms with Crippen molar-refractivity contribution in [3.63, 3.8) is 0 Å². The molecule has 49 heavy (non-hydrogen) atoms. The summed E-state index contributed by atoms with van der Waals surface area (Å²) in [7, 11) is 1.58. The molecular weight excluding hydrogens is 603 g/mol. The fourth-order valence-corrected chi connectivity index (χ4v) is 6.36. The van der Waals surface area contributed by atoms with Crippen LogP contribution in [0.4, 0.5) is 16.2 Å². The predicted molar refractivity (Wildman–Crippen MR) is 200 cm³/mol. The van der Waals surface area contributed by atoms with E-state index in [9.17, 15) is 4.79 Å². The van der Waals surface area contributed by atoms with Gasteiger partial charge in [0.15, 0.2) is 0 Å². The van der Waals surface area contributed by atoms with Crippen molar-refractivity contribution in [3.8, 4) is 5.75 Å². The van der Waals surface area contributed by atoms with Crippen LogP contribution in [0.5, 0.6) is 5.75 Å². The van der Waals surface area contributed by atoms with Gasteiger partial charge >= 0.3 is 6.09 Å². The number of para-hydroxylation sites is 2. The van der Waals surface area contributed by atoms with E-state index in [0.717, 1.165) is 11.4 Å². The molecule has 0 saturated carbocycles. The van der Waals surface area contributed by atoms with Crippen molar-refractivity contribution in [2.45, 2.75) is 0 Å². The van der Waals surface area contributed by atoms with E-state index in [-0.39, 0.29) is 0 Å². The van der Waals surface area contributed by atoms with Crippen LogP contribution in [0.15, 0.2) is 207 Å². The van der Waals surface area contributed by atoms with Gasteiger partial charge in [-0.2, -0.15) is 26.7 Å². The molecule has 0 atom stereocenters. The van der Waals surface area contributed by atoms with E-state index >= 15 is 0 Å². The number of amides is 1. The summed E-state index contributed by atoms with van der Waals surface area (Å²) < 4.78 is 6.43. The largest absolute Gasteiger partial charge is 0.496 e. The van der Waals surface area contributed by atoms with E-state index in [4.69, 9.17) is 9.57 Å². The number of pyridine rings is 1. The number of rotatable bonds is 8. The van der Waals surface area contributed by atoms with Crippen LogP contribution >= 0.6 is 0 Å². The van der Waals surface area contributed by atoms with Gasteiger partial charge in [0.05, 0.1) is 18.5 Å². The Kier molecular flexibility index (Phi) is 10.6. The minimum Gasteiger partial charge on any atom is -0.496 e. The zero-order chi connectivity index (χ0) is 33.7. The number of ether oxygens (including phenoxy) is 1. The smallest absolute Gasteiger partial charge is 0.487 e. The highest BCUT2D eigenvalue weighted by molar-refractivity contribution is 7.19. The van der Waals surface area contributed by atoms with E-state index in [1.807, 2.05) is 60.7 Å². The van der Waals surface area contributed by atoms with Crippen LogP contribution < -0.4 is 41.1 Å². The molecule has 1 amide bonds. The van der Waals surface area contributed by atoms with Crippen molar-refractivity contribution < 1.29 is 19.1 Å². The van der Waals surface area contributed by atoms with Gasteiger partial charge in [0.2, 0.25) is 12.4 Å². The number of nitrogens with zero attached hydrogens (tertiary/aromatic N) is 2. The van der Waals surface area contributed by atoms with Crippen molar-refractivity contribution in [1.82, 2.24) is 0 Å². The summed E-state index contributed by atoms with van der Waals surface area (Å²) in [5, 5.41) is 0. The summed E-state index contributed by atoms with van der Waals surface area (Å²) in [5.41, 5.74) is 6.81. The number of aromatic nitrogens is 1. The fourth-order valence-electron chi connectivity index (χ4n) is 6.36. The summed E-state index contributed by atoms with van der Waals surface area (Å²) in [4.78, 5) is 19.7. The second-order valence-electron chi connectivity index (χ2n) is 11.5. The van der Waals surface area contributed by atoms with Crippen LogP contribution in [0, 0.1) is 0 Å². The molecule has 7 aromatic rings. The van der Waals surface area contributed by atoms with Gasteiger partial charge in [0.25, 0.3) is 0 Å². The maximum Gasteiger partial charge on any atom is 0.487 e. The number of hydrogen-bond acceptors (Lipinski definition) is 3. The lowest BCUT2D eigenvalue weighted by Gasteiger charge is -2.44. The molecule has 0 aliphatic carbocycles. The third kappa shape index (κ3) is 7.45. The minimum absolute atomic E-state index is 0.512. The van der Waals surface area contributed by atoms with Crippen LogP contribution in [0.2, 0.25) is 0 Å².